The van der Waals surface area contributed by atoms with Gasteiger partial charge in [-0.1, -0.05) is 11.6 Å². The van der Waals surface area contributed by atoms with Gasteiger partial charge in [-0.05, 0) is 43.3 Å². The van der Waals surface area contributed by atoms with Gasteiger partial charge in [0, 0.05) is 17.3 Å². The minimum atomic E-state index is -0.771. The van der Waals surface area contributed by atoms with Crippen LogP contribution in [-0.4, -0.2) is 18.5 Å². The van der Waals surface area contributed by atoms with Crippen molar-refractivity contribution in [1.82, 2.24) is 5.32 Å². The third-order valence-electron chi connectivity index (χ3n) is 2.93. The van der Waals surface area contributed by atoms with Crippen molar-refractivity contribution in [1.29, 1.82) is 0 Å². The van der Waals surface area contributed by atoms with E-state index in [4.69, 9.17) is 11.6 Å². The number of hydrogen-bond acceptors (Lipinski definition) is 2. The number of nitrogens with one attached hydrogen (secondary N) is 3. The fourth-order valence-electron chi connectivity index (χ4n) is 1.98. The zero-order chi connectivity index (χ0) is 17.7. The molecule has 8 heteroatoms. The van der Waals surface area contributed by atoms with Gasteiger partial charge in [0.2, 0.25) is 0 Å². The summed E-state index contributed by atoms with van der Waals surface area (Å²) < 4.78 is 26.7. The molecule has 126 valence electrons. The van der Waals surface area contributed by atoms with Crippen LogP contribution in [0.3, 0.4) is 0 Å². The van der Waals surface area contributed by atoms with Crippen LogP contribution in [-0.2, 0) is 0 Å². The van der Waals surface area contributed by atoms with E-state index in [2.05, 4.69) is 16.0 Å². The van der Waals surface area contributed by atoms with Crippen LogP contribution in [0, 0.1) is 11.6 Å². The highest BCUT2D eigenvalue weighted by atomic mass is 35.5. The van der Waals surface area contributed by atoms with Crippen LogP contribution in [0.4, 0.5) is 25.0 Å². The first-order chi connectivity index (χ1) is 11.4. The van der Waals surface area contributed by atoms with E-state index in [0.717, 1.165) is 24.3 Å². The third kappa shape index (κ3) is 4.66. The van der Waals surface area contributed by atoms with Gasteiger partial charge in [-0.3, -0.25) is 4.79 Å². The second kappa shape index (κ2) is 7.74. The summed E-state index contributed by atoms with van der Waals surface area (Å²) in [7, 11) is 0. The maximum atomic E-state index is 13.4. The minimum Gasteiger partial charge on any atom is -0.352 e. The summed E-state index contributed by atoms with van der Waals surface area (Å²) in [6.45, 7) is 2.11. The van der Waals surface area contributed by atoms with Gasteiger partial charge in [0.25, 0.3) is 5.91 Å². The van der Waals surface area contributed by atoms with Crippen LogP contribution in [0.5, 0.6) is 0 Å². The van der Waals surface area contributed by atoms with Crippen LogP contribution in [0.1, 0.15) is 17.3 Å². The summed E-state index contributed by atoms with van der Waals surface area (Å²) in [6.07, 6.45) is 0. The van der Waals surface area contributed by atoms with Crippen molar-refractivity contribution in [2.24, 2.45) is 0 Å². The predicted octanol–water partition coefficient (Wildman–Crippen LogP) is 4.01. The van der Waals surface area contributed by atoms with Gasteiger partial charge in [-0.25, -0.2) is 13.6 Å². The molecule has 0 bridgehead atoms. The third-order valence-corrected chi connectivity index (χ3v) is 3.15. The molecule has 0 spiro atoms. The van der Waals surface area contributed by atoms with E-state index in [9.17, 15) is 18.4 Å². The monoisotopic (exact) mass is 353 g/mol. The van der Waals surface area contributed by atoms with Crippen molar-refractivity contribution >= 4 is 34.9 Å². The maximum Gasteiger partial charge on any atom is 0.323 e. The van der Waals surface area contributed by atoms with E-state index in [0.29, 0.717) is 6.54 Å². The van der Waals surface area contributed by atoms with Crippen molar-refractivity contribution < 1.29 is 18.4 Å². The van der Waals surface area contributed by atoms with Gasteiger partial charge in [0.1, 0.15) is 11.6 Å². The molecule has 2 aromatic rings. The molecule has 2 rings (SSSR count). The molecule has 0 unspecified atom stereocenters. The maximum absolute atomic E-state index is 13.4. The van der Waals surface area contributed by atoms with E-state index < -0.39 is 23.6 Å². The fraction of sp³-hybridized carbons (Fsp3) is 0.125. The highest BCUT2D eigenvalue weighted by Gasteiger charge is 2.14. The number of urea groups is 1. The molecule has 0 atom stereocenters. The van der Waals surface area contributed by atoms with E-state index in [1.165, 1.54) is 12.1 Å². The van der Waals surface area contributed by atoms with Crippen LogP contribution >= 0.6 is 11.6 Å². The number of rotatable bonds is 4. The Morgan fingerprint density at radius 3 is 2.46 bits per heavy atom. The van der Waals surface area contributed by atoms with E-state index in [1.54, 1.807) is 6.92 Å². The normalized spacial score (nSPS) is 10.2. The Bertz CT molecular complexity index is 764. The quantitative estimate of drug-likeness (QED) is 0.777. The number of anilines is 2. The van der Waals surface area contributed by atoms with Crippen molar-refractivity contribution in [3.05, 3.63) is 58.6 Å². The lowest BCUT2D eigenvalue weighted by Crippen LogP contribution is -2.26. The van der Waals surface area contributed by atoms with E-state index >= 15 is 0 Å². The molecule has 0 aromatic heterocycles. The Labute approximate surface area is 142 Å². The molecular weight excluding hydrogens is 340 g/mol. The largest absolute Gasteiger partial charge is 0.352 e. The van der Waals surface area contributed by atoms with Gasteiger partial charge in [0.05, 0.1) is 11.3 Å². The zero-order valence-electron chi connectivity index (χ0n) is 12.6. The molecule has 0 radical (unpaired) electrons. The number of carbonyl (C=O) groups excluding carboxylic acids is 2. The Morgan fingerprint density at radius 1 is 1.04 bits per heavy atom. The summed E-state index contributed by atoms with van der Waals surface area (Å²) in [5.41, 5.74) is 0.208. The summed E-state index contributed by atoms with van der Waals surface area (Å²) in [5, 5.41) is 7.39. The Kier molecular flexibility index (Phi) is 5.70. The number of benzene rings is 2. The number of amides is 3. The lowest BCUT2D eigenvalue weighted by Gasteiger charge is -2.12. The van der Waals surface area contributed by atoms with Crippen LogP contribution in [0.25, 0.3) is 0 Å². The Morgan fingerprint density at radius 2 is 1.79 bits per heavy atom. The molecule has 3 N–H and O–H groups in total. The van der Waals surface area contributed by atoms with Gasteiger partial charge in [0.15, 0.2) is 0 Å². The molecule has 5 nitrogen and oxygen atoms in total. The summed E-state index contributed by atoms with van der Waals surface area (Å²) in [5.74, 6) is -1.69. The molecule has 0 aliphatic rings. The first-order valence-electron chi connectivity index (χ1n) is 7.01. The molecule has 0 fully saturated rings. The standard InChI is InChI=1S/C16H14ClF2N3O2/c1-2-20-15(23)13-4-3-10(18)8-14(13)22-16(24)21-12-6-9(17)5-11(19)7-12/h3-8H,2H2,1H3,(H,20,23)(H2,21,22,24). The van der Waals surface area contributed by atoms with Gasteiger partial charge in [-0.15, -0.1) is 0 Å². The number of hydrogen-bond donors (Lipinski definition) is 3. The summed E-state index contributed by atoms with van der Waals surface area (Å²) in [4.78, 5) is 23.9. The fourth-order valence-corrected chi connectivity index (χ4v) is 2.21. The molecular formula is C16H14ClF2N3O2. The molecule has 0 heterocycles. The first-order valence-corrected chi connectivity index (χ1v) is 7.38. The van der Waals surface area contributed by atoms with E-state index in [1.807, 2.05) is 0 Å². The van der Waals surface area contributed by atoms with Crippen molar-refractivity contribution in [3.8, 4) is 0 Å². The first kappa shape index (κ1) is 17.7. The molecule has 3 amide bonds. The average Bonchev–Trinajstić information content (AvgIpc) is 2.46. The topological polar surface area (TPSA) is 70.2 Å². The van der Waals surface area contributed by atoms with Crippen LogP contribution < -0.4 is 16.0 Å². The van der Waals surface area contributed by atoms with Crippen LogP contribution in [0.2, 0.25) is 5.02 Å². The average molecular weight is 354 g/mol. The molecule has 24 heavy (non-hydrogen) atoms. The SMILES string of the molecule is CCNC(=O)c1ccc(F)cc1NC(=O)Nc1cc(F)cc(Cl)c1. The lowest BCUT2D eigenvalue weighted by atomic mass is 10.1. The lowest BCUT2D eigenvalue weighted by molar-refractivity contribution is 0.0956. The summed E-state index contributed by atoms with van der Waals surface area (Å²) >= 11 is 5.70. The zero-order valence-corrected chi connectivity index (χ0v) is 13.4. The molecule has 0 saturated heterocycles. The van der Waals surface area contributed by atoms with Crippen molar-refractivity contribution in [3.63, 3.8) is 0 Å². The van der Waals surface area contributed by atoms with Gasteiger partial charge >= 0.3 is 6.03 Å². The van der Waals surface area contributed by atoms with E-state index in [-0.39, 0.29) is 22.0 Å². The Balaban J connectivity index is 2.18. The highest BCUT2D eigenvalue weighted by molar-refractivity contribution is 6.31. The predicted molar refractivity (Wildman–Crippen MR) is 88.5 cm³/mol. The van der Waals surface area contributed by atoms with Gasteiger partial charge < -0.3 is 16.0 Å². The second-order valence-corrected chi connectivity index (χ2v) is 5.22. The molecule has 2 aromatic carbocycles. The van der Waals surface area contributed by atoms with Gasteiger partial charge in [-0.2, -0.15) is 0 Å². The second-order valence-electron chi connectivity index (χ2n) is 4.79. The number of carbonyl (C=O) groups is 2. The van der Waals surface area contributed by atoms with Crippen molar-refractivity contribution in [2.75, 3.05) is 17.2 Å². The molecule has 0 aliphatic heterocycles. The minimum absolute atomic E-state index is 0.0130. The van der Waals surface area contributed by atoms with Crippen molar-refractivity contribution in [2.45, 2.75) is 6.92 Å². The molecule has 0 aliphatic carbocycles. The Hall–Kier alpha value is -2.67. The smallest absolute Gasteiger partial charge is 0.323 e. The summed E-state index contributed by atoms with van der Waals surface area (Å²) in [6, 6.07) is 6.12. The number of halogens is 3. The highest BCUT2D eigenvalue weighted by Crippen LogP contribution is 2.20. The molecule has 0 saturated carbocycles. The van der Waals surface area contributed by atoms with Crippen LogP contribution in [0.15, 0.2) is 36.4 Å².